The topological polar surface area (TPSA) is 90.5 Å². The van der Waals surface area contributed by atoms with Gasteiger partial charge in [0.05, 0.1) is 0 Å². The van der Waals surface area contributed by atoms with Crippen LogP contribution in [0.15, 0.2) is 18.2 Å². The Morgan fingerprint density at radius 3 is 2.79 bits per heavy atom. The molecule has 3 fully saturated rings. The number of carbonyl (C=O) groups is 3. The molecule has 28 heavy (non-hydrogen) atoms. The molecule has 148 valence electrons. The van der Waals surface area contributed by atoms with E-state index in [4.69, 9.17) is 0 Å². The molecule has 1 aromatic rings. The lowest BCUT2D eigenvalue weighted by Gasteiger charge is -2.29. The minimum absolute atomic E-state index is 0.116. The first-order chi connectivity index (χ1) is 13.6. The van der Waals surface area contributed by atoms with Gasteiger partial charge in [0.2, 0.25) is 11.8 Å². The number of carbonyl (C=O) groups excluding carboxylic acids is 3. The number of imide groups is 1. The van der Waals surface area contributed by atoms with Crippen molar-refractivity contribution in [1.29, 1.82) is 0 Å². The number of rotatable bonds is 5. The number of piperidine rings is 2. The first-order valence-corrected chi connectivity index (χ1v) is 10.3. The van der Waals surface area contributed by atoms with Gasteiger partial charge in [0.25, 0.3) is 5.91 Å². The molecule has 1 unspecified atom stereocenters. The lowest BCUT2D eigenvalue weighted by atomic mass is 10.00. The fraction of sp³-hybridized carbons (Fsp3) is 0.571. The van der Waals surface area contributed by atoms with Crippen molar-refractivity contribution >= 4 is 17.7 Å². The van der Waals surface area contributed by atoms with E-state index in [0.717, 1.165) is 36.2 Å². The highest BCUT2D eigenvalue weighted by Crippen LogP contribution is 2.35. The van der Waals surface area contributed by atoms with Gasteiger partial charge in [-0.3, -0.25) is 19.7 Å². The summed E-state index contributed by atoms with van der Waals surface area (Å²) >= 11 is 0. The highest BCUT2D eigenvalue weighted by molar-refractivity contribution is 6.05. The Bertz CT molecular complexity index is 839. The molecule has 3 amide bonds. The molecule has 1 aromatic carbocycles. The molecule has 1 saturated carbocycles. The summed E-state index contributed by atoms with van der Waals surface area (Å²) in [4.78, 5) is 37.8. The van der Waals surface area contributed by atoms with Crippen molar-refractivity contribution in [2.24, 2.45) is 5.92 Å². The number of hydrogen-bond donors (Lipinski definition) is 3. The predicted molar refractivity (Wildman–Crippen MR) is 102 cm³/mol. The Kier molecular flexibility index (Phi) is 4.44. The average molecular weight is 382 g/mol. The molecule has 1 aliphatic carbocycles. The summed E-state index contributed by atoms with van der Waals surface area (Å²) in [7, 11) is 0. The fourth-order valence-corrected chi connectivity index (χ4v) is 5.31. The molecule has 2 saturated heterocycles. The Morgan fingerprint density at radius 1 is 1.14 bits per heavy atom. The van der Waals surface area contributed by atoms with Gasteiger partial charge >= 0.3 is 0 Å². The maximum absolute atomic E-state index is 12.7. The number of nitrogens with one attached hydrogen (secondary N) is 3. The van der Waals surface area contributed by atoms with Crippen LogP contribution < -0.4 is 16.0 Å². The summed E-state index contributed by atoms with van der Waals surface area (Å²) < 4.78 is 0. The summed E-state index contributed by atoms with van der Waals surface area (Å²) in [6.45, 7) is 2.18. The smallest absolute Gasteiger partial charge is 0.255 e. The van der Waals surface area contributed by atoms with E-state index >= 15 is 0 Å². The second kappa shape index (κ2) is 6.97. The molecule has 0 radical (unpaired) electrons. The number of benzene rings is 1. The van der Waals surface area contributed by atoms with E-state index in [-0.39, 0.29) is 24.1 Å². The summed E-state index contributed by atoms with van der Waals surface area (Å²) in [5.74, 6) is 0.0776. The van der Waals surface area contributed by atoms with Gasteiger partial charge in [-0.1, -0.05) is 12.1 Å². The first kappa shape index (κ1) is 17.8. The van der Waals surface area contributed by atoms with Gasteiger partial charge in [-0.05, 0) is 48.8 Å². The standard InChI is InChI=1S/C21H26N4O3/c26-19-6-5-18(20(27)24-19)25-11-14-7-12(1-4-16(14)21(25)28)9-22-10-17-13-2-3-15(8-13)23-17/h1,4,7,13,15,17-18,22-23H,2-3,5-6,8-11H2,(H,24,26,27)/t13-,15+,17+,18?/m0/s1. The van der Waals surface area contributed by atoms with Gasteiger partial charge in [0.15, 0.2) is 0 Å². The minimum atomic E-state index is -0.553. The van der Waals surface area contributed by atoms with Crippen LogP contribution in [0, 0.1) is 5.92 Å². The Hall–Kier alpha value is -2.25. The van der Waals surface area contributed by atoms with Gasteiger partial charge < -0.3 is 15.5 Å². The lowest BCUT2D eigenvalue weighted by Crippen LogP contribution is -2.52. The van der Waals surface area contributed by atoms with E-state index in [0.29, 0.717) is 24.6 Å². The third-order valence-electron chi connectivity index (χ3n) is 6.77. The van der Waals surface area contributed by atoms with Gasteiger partial charge in [0, 0.05) is 43.7 Å². The zero-order chi connectivity index (χ0) is 19.3. The maximum Gasteiger partial charge on any atom is 0.255 e. The number of amides is 3. The summed E-state index contributed by atoms with van der Waals surface area (Å²) in [5.41, 5.74) is 2.79. The molecule has 7 nitrogen and oxygen atoms in total. The van der Waals surface area contributed by atoms with Crippen LogP contribution in [0.2, 0.25) is 0 Å². The summed E-state index contributed by atoms with van der Waals surface area (Å²) in [5, 5.41) is 9.60. The van der Waals surface area contributed by atoms with Gasteiger partial charge in [-0.2, -0.15) is 0 Å². The van der Waals surface area contributed by atoms with Crippen molar-refractivity contribution in [2.45, 2.75) is 63.3 Å². The summed E-state index contributed by atoms with van der Waals surface area (Å²) in [6.07, 6.45) is 4.67. The van der Waals surface area contributed by atoms with Crippen LogP contribution in [-0.4, -0.2) is 47.3 Å². The van der Waals surface area contributed by atoms with Crippen LogP contribution in [0.3, 0.4) is 0 Å². The van der Waals surface area contributed by atoms with Crippen molar-refractivity contribution in [2.75, 3.05) is 6.54 Å². The van der Waals surface area contributed by atoms with Crippen molar-refractivity contribution in [3.8, 4) is 0 Å². The Morgan fingerprint density at radius 2 is 2.04 bits per heavy atom. The van der Waals surface area contributed by atoms with Gasteiger partial charge in [-0.15, -0.1) is 0 Å². The van der Waals surface area contributed by atoms with E-state index < -0.39 is 6.04 Å². The highest BCUT2D eigenvalue weighted by Gasteiger charge is 2.40. The minimum Gasteiger partial charge on any atom is -0.322 e. The molecular formula is C21H26N4O3. The van der Waals surface area contributed by atoms with E-state index in [2.05, 4.69) is 22.0 Å². The van der Waals surface area contributed by atoms with Crippen LogP contribution in [0.25, 0.3) is 0 Å². The average Bonchev–Trinajstić information content (AvgIpc) is 3.37. The van der Waals surface area contributed by atoms with Crippen LogP contribution in [0.4, 0.5) is 0 Å². The molecule has 3 heterocycles. The molecule has 0 spiro atoms. The molecule has 0 aromatic heterocycles. The van der Waals surface area contributed by atoms with E-state index in [1.54, 1.807) is 4.90 Å². The van der Waals surface area contributed by atoms with Crippen LogP contribution in [-0.2, 0) is 22.7 Å². The third kappa shape index (κ3) is 3.12. The van der Waals surface area contributed by atoms with E-state index in [9.17, 15) is 14.4 Å². The zero-order valence-electron chi connectivity index (χ0n) is 15.9. The van der Waals surface area contributed by atoms with Gasteiger partial charge in [-0.25, -0.2) is 0 Å². The largest absolute Gasteiger partial charge is 0.322 e. The quantitative estimate of drug-likeness (QED) is 0.652. The third-order valence-corrected chi connectivity index (χ3v) is 6.77. The van der Waals surface area contributed by atoms with Crippen molar-refractivity contribution in [3.05, 3.63) is 34.9 Å². The highest BCUT2D eigenvalue weighted by atomic mass is 16.2. The SMILES string of the molecule is O=C1CCC(N2Cc3cc(CNC[C@H]4N[C@@H]5CC[C@H]4C5)ccc3C2=O)C(=O)N1. The molecule has 7 heteroatoms. The molecule has 2 bridgehead atoms. The number of fused-ring (bicyclic) bond motifs is 3. The van der Waals surface area contributed by atoms with Crippen molar-refractivity contribution in [3.63, 3.8) is 0 Å². The van der Waals surface area contributed by atoms with E-state index in [1.807, 2.05) is 12.1 Å². The van der Waals surface area contributed by atoms with Crippen LogP contribution in [0.1, 0.15) is 53.6 Å². The molecule has 3 aliphatic heterocycles. The second-order valence-corrected chi connectivity index (χ2v) is 8.57. The van der Waals surface area contributed by atoms with Gasteiger partial charge in [0.1, 0.15) is 6.04 Å². The van der Waals surface area contributed by atoms with Crippen molar-refractivity contribution < 1.29 is 14.4 Å². The Labute approximate surface area is 164 Å². The fourth-order valence-electron chi connectivity index (χ4n) is 5.31. The number of nitrogens with zero attached hydrogens (tertiary/aromatic N) is 1. The lowest BCUT2D eigenvalue weighted by molar-refractivity contribution is -0.136. The second-order valence-electron chi connectivity index (χ2n) is 8.57. The first-order valence-electron chi connectivity index (χ1n) is 10.3. The number of hydrogen-bond acceptors (Lipinski definition) is 5. The predicted octanol–water partition coefficient (Wildman–Crippen LogP) is 0.678. The molecule has 4 atom stereocenters. The maximum atomic E-state index is 12.7. The Balaban J connectivity index is 1.20. The van der Waals surface area contributed by atoms with Crippen LogP contribution >= 0.6 is 0 Å². The van der Waals surface area contributed by atoms with E-state index in [1.165, 1.54) is 19.3 Å². The van der Waals surface area contributed by atoms with Crippen LogP contribution in [0.5, 0.6) is 0 Å². The monoisotopic (exact) mass is 382 g/mol. The molecule has 4 aliphatic rings. The molecule has 3 N–H and O–H groups in total. The molecule has 5 rings (SSSR count). The van der Waals surface area contributed by atoms with Crippen molar-refractivity contribution in [1.82, 2.24) is 20.9 Å². The molecular weight excluding hydrogens is 356 g/mol. The normalized spacial score (nSPS) is 31.4. The zero-order valence-corrected chi connectivity index (χ0v) is 15.9. The summed E-state index contributed by atoms with van der Waals surface area (Å²) in [6, 6.07) is 6.68.